The van der Waals surface area contributed by atoms with E-state index in [0.29, 0.717) is 6.04 Å². The molecule has 0 aliphatic rings. The van der Waals surface area contributed by atoms with Gasteiger partial charge in [-0.05, 0) is 19.5 Å². The first kappa shape index (κ1) is 15.2. The van der Waals surface area contributed by atoms with Crippen molar-refractivity contribution in [1.29, 1.82) is 0 Å². The predicted molar refractivity (Wildman–Crippen MR) is 73.5 cm³/mol. The lowest BCUT2D eigenvalue weighted by Crippen LogP contribution is -2.21. The average Bonchev–Trinajstić information content (AvgIpc) is 2.74. The molecule has 0 unspecified atom stereocenters. The number of rotatable bonds is 9. The Morgan fingerprint density at radius 3 is 2.89 bits per heavy atom. The fraction of sp³-hybridized carbons (Fsp3) is 0.714. The maximum Gasteiger partial charge on any atom is 0.118 e. The Labute approximate surface area is 110 Å². The van der Waals surface area contributed by atoms with Crippen LogP contribution in [0, 0.1) is 0 Å². The van der Waals surface area contributed by atoms with Gasteiger partial charge in [0.1, 0.15) is 5.76 Å². The van der Waals surface area contributed by atoms with Gasteiger partial charge in [0.05, 0.1) is 12.8 Å². The van der Waals surface area contributed by atoms with Gasteiger partial charge in [-0.15, -0.1) is 0 Å². The van der Waals surface area contributed by atoms with Crippen molar-refractivity contribution in [3.05, 3.63) is 23.7 Å². The highest BCUT2D eigenvalue weighted by molar-refractivity contribution is 5.12. The lowest BCUT2D eigenvalue weighted by atomic mass is 10.2. The molecule has 1 rings (SSSR count). The van der Waals surface area contributed by atoms with Crippen LogP contribution in [-0.2, 0) is 17.8 Å². The molecule has 0 amide bonds. The van der Waals surface area contributed by atoms with Crippen LogP contribution in [0.1, 0.15) is 31.6 Å². The molecule has 4 heteroatoms. The van der Waals surface area contributed by atoms with Crippen LogP contribution in [0.25, 0.3) is 0 Å². The van der Waals surface area contributed by atoms with Crippen molar-refractivity contribution >= 4 is 0 Å². The Morgan fingerprint density at radius 1 is 1.44 bits per heavy atom. The molecule has 0 radical (unpaired) electrons. The fourth-order valence-electron chi connectivity index (χ4n) is 1.75. The highest BCUT2D eigenvalue weighted by Crippen LogP contribution is 2.10. The van der Waals surface area contributed by atoms with Crippen LogP contribution in [0.15, 0.2) is 16.7 Å². The summed E-state index contributed by atoms with van der Waals surface area (Å²) in [4.78, 5) is 2.25. The van der Waals surface area contributed by atoms with E-state index in [9.17, 15) is 0 Å². The van der Waals surface area contributed by atoms with E-state index in [2.05, 4.69) is 37.2 Å². The Morgan fingerprint density at radius 2 is 2.22 bits per heavy atom. The molecule has 1 heterocycles. The first-order chi connectivity index (χ1) is 8.61. The zero-order valence-corrected chi connectivity index (χ0v) is 12.0. The number of furan rings is 1. The molecule has 0 atom stereocenters. The zero-order chi connectivity index (χ0) is 13.4. The number of ether oxygens (including phenoxy) is 1. The van der Waals surface area contributed by atoms with Gasteiger partial charge in [-0.2, -0.15) is 0 Å². The minimum Gasteiger partial charge on any atom is -0.468 e. The highest BCUT2D eigenvalue weighted by Gasteiger charge is 2.05. The molecule has 1 N–H and O–H groups in total. The van der Waals surface area contributed by atoms with Crippen molar-refractivity contribution in [2.75, 3.05) is 27.3 Å². The molecule has 0 fully saturated rings. The van der Waals surface area contributed by atoms with Crippen molar-refractivity contribution in [2.45, 2.75) is 39.4 Å². The number of nitrogens with one attached hydrogen (secondary N) is 1. The predicted octanol–water partition coefficient (Wildman–Crippen LogP) is 2.25. The second-order valence-corrected chi connectivity index (χ2v) is 5.04. The maximum atomic E-state index is 5.56. The van der Waals surface area contributed by atoms with Crippen molar-refractivity contribution in [3.8, 4) is 0 Å². The molecule has 0 saturated heterocycles. The summed E-state index contributed by atoms with van der Waals surface area (Å²) in [6.45, 7) is 7.84. The minimum atomic E-state index is 0.500. The van der Waals surface area contributed by atoms with E-state index >= 15 is 0 Å². The molecule has 0 aromatic carbocycles. The lowest BCUT2D eigenvalue weighted by molar-refractivity contribution is 0.176. The molecule has 0 saturated carbocycles. The second kappa shape index (κ2) is 8.29. The van der Waals surface area contributed by atoms with E-state index in [1.165, 1.54) is 5.56 Å². The van der Waals surface area contributed by atoms with Crippen LogP contribution in [0.4, 0.5) is 0 Å². The lowest BCUT2D eigenvalue weighted by Gasteiger charge is -2.14. The standard InChI is InChI=1S/C14H26N2O2/c1-12(2)15-9-13-8-14(18-11-13)10-16(3)6-5-7-17-4/h8,11-12,15H,5-7,9-10H2,1-4H3. The Hall–Kier alpha value is -0.840. The van der Waals surface area contributed by atoms with Crippen LogP contribution >= 0.6 is 0 Å². The molecule has 0 aliphatic carbocycles. The molecular formula is C14H26N2O2. The van der Waals surface area contributed by atoms with E-state index in [-0.39, 0.29) is 0 Å². The summed E-state index contributed by atoms with van der Waals surface area (Å²) in [5.74, 6) is 1.02. The van der Waals surface area contributed by atoms with Crippen LogP contribution in [-0.4, -0.2) is 38.3 Å². The quantitative estimate of drug-likeness (QED) is 0.686. The molecular weight excluding hydrogens is 228 g/mol. The largest absolute Gasteiger partial charge is 0.468 e. The van der Waals surface area contributed by atoms with Gasteiger partial charge in [-0.3, -0.25) is 4.90 Å². The summed E-state index contributed by atoms with van der Waals surface area (Å²) in [5.41, 5.74) is 1.21. The topological polar surface area (TPSA) is 37.6 Å². The van der Waals surface area contributed by atoms with Crippen LogP contribution in [0.3, 0.4) is 0 Å². The highest BCUT2D eigenvalue weighted by atomic mass is 16.5. The third-order valence-electron chi connectivity index (χ3n) is 2.74. The summed E-state index contributed by atoms with van der Waals surface area (Å²) < 4.78 is 10.6. The molecule has 1 aromatic rings. The van der Waals surface area contributed by atoms with E-state index < -0.39 is 0 Å². The minimum absolute atomic E-state index is 0.500. The Kier molecular flexibility index (Phi) is 7.01. The molecule has 0 aliphatic heterocycles. The zero-order valence-electron chi connectivity index (χ0n) is 12.0. The van der Waals surface area contributed by atoms with Gasteiger partial charge in [0.15, 0.2) is 0 Å². The summed E-state index contributed by atoms with van der Waals surface area (Å²) in [6, 6.07) is 2.63. The first-order valence-corrected chi connectivity index (χ1v) is 6.59. The van der Waals surface area contributed by atoms with Crippen molar-refractivity contribution in [2.24, 2.45) is 0 Å². The number of hydrogen-bond donors (Lipinski definition) is 1. The Balaban J connectivity index is 2.29. The monoisotopic (exact) mass is 254 g/mol. The normalized spacial score (nSPS) is 11.7. The maximum absolute atomic E-state index is 5.56. The Bertz CT molecular complexity index is 323. The molecule has 104 valence electrons. The molecule has 4 nitrogen and oxygen atoms in total. The smallest absolute Gasteiger partial charge is 0.118 e. The summed E-state index contributed by atoms with van der Waals surface area (Å²) in [5, 5.41) is 3.38. The third-order valence-corrected chi connectivity index (χ3v) is 2.74. The van der Waals surface area contributed by atoms with E-state index in [0.717, 1.165) is 38.4 Å². The third kappa shape index (κ3) is 6.19. The van der Waals surface area contributed by atoms with Gasteiger partial charge >= 0.3 is 0 Å². The second-order valence-electron chi connectivity index (χ2n) is 5.04. The SMILES string of the molecule is COCCCN(C)Cc1cc(CNC(C)C)co1. The van der Waals surface area contributed by atoms with Gasteiger partial charge in [0, 0.05) is 38.4 Å². The molecule has 0 bridgehead atoms. The van der Waals surface area contributed by atoms with Gasteiger partial charge in [0.2, 0.25) is 0 Å². The van der Waals surface area contributed by atoms with E-state index in [4.69, 9.17) is 9.15 Å². The van der Waals surface area contributed by atoms with Gasteiger partial charge in [-0.1, -0.05) is 13.8 Å². The molecule has 18 heavy (non-hydrogen) atoms. The van der Waals surface area contributed by atoms with Crippen molar-refractivity contribution in [3.63, 3.8) is 0 Å². The van der Waals surface area contributed by atoms with Gasteiger partial charge in [-0.25, -0.2) is 0 Å². The molecule has 1 aromatic heterocycles. The van der Waals surface area contributed by atoms with Crippen LogP contribution < -0.4 is 5.32 Å². The van der Waals surface area contributed by atoms with Crippen molar-refractivity contribution < 1.29 is 9.15 Å². The summed E-state index contributed by atoms with van der Waals surface area (Å²) >= 11 is 0. The number of hydrogen-bond acceptors (Lipinski definition) is 4. The van der Waals surface area contributed by atoms with E-state index in [1.807, 2.05) is 6.26 Å². The van der Waals surface area contributed by atoms with Gasteiger partial charge < -0.3 is 14.5 Å². The molecule has 0 spiro atoms. The average molecular weight is 254 g/mol. The number of methoxy groups -OCH3 is 1. The first-order valence-electron chi connectivity index (χ1n) is 6.59. The summed E-state index contributed by atoms with van der Waals surface area (Å²) in [7, 11) is 3.84. The fourth-order valence-corrected chi connectivity index (χ4v) is 1.75. The van der Waals surface area contributed by atoms with E-state index in [1.54, 1.807) is 7.11 Å². The van der Waals surface area contributed by atoms with Gasteiger partial charge in [0.25, 0.3) is 0 Å². The van der Waals surface area contributed by atoms with Crippen molar-refractivity contribution in [1.82, 2.24) is 10.2 Å². The van der Waals surface area contributed by atoms with Crippen LogP contribution in [0.2, 0.25) is 0 Å². The number of nitrogens with zero attached hydrogens (tertiary/aromatic N) is 1. The van der Waals surface area contributed by atoms with Crippen LogP contribution in [0.5, 0.6) is 0 Å². The summed E-state index contributed by atoms with van der Waals surface area (Å²) in [6.07, 6.45) is 2.89.